The Kier molecular flexibility index (Phi) is 4.16. The molecule has 0 unspecified atom stereocenters. The number of rotatable bonds is 4. The van der Waals surface area contributed by atoms with Crippen molar-refractivity contribution >= 4 is 10.8 Å². The van der Waals surface area contributed by atoms with Crippen molar-refractivity contribution in [3.05, 3.63) is 88.8 Å². The van der Waals surface area contributed by atoms with E-state index in [2.05, 4.69) is 83.4 Å². The van der Waals surface area contributed by atoms with Crippen LogP contribution in [0.1, 0.15) is 48.0 Å². The van der Waals surface area contributed by atoms with Gasteiger partial charge in [0.25, 0.3) is 0 Å². The molecule has 0 spiro atoms. The Balaban J connectivity index is 1.52. The van der Waals surface area contributed by atoms with Gasteiger partial charge in [-0.15, -0.1) is 0 Å². The quantitative estimate of drug-likeness (QED) is 0.433. The molecular weight excluding hydrogens is 342 g/mol. The summed E-state index contributed by atoms with van der Waals surface area (Å²) in [7, 11) is 0. The van der Waals surface area contributed by atoms with Crippen molar-refractivity contribution < 1.29 is 0 Å². The minimum absolute atomic E-state index is 0.746. The topological polar surface area (TPSA) is 38.7 Å². The van der Waals surface area contributed by atoms with Gasteiger partial charge in [0.15, 0.2) is 0 Å². The Bertz CT molecular complexity index is 1170. The Hall–Kier alpha value is -3.07. The van der Waals surface area contributed by atoms with E-state index in [9.17, 15) is 0 Å². The van der Waals surface area contributed by atoms with Crippen LogP contribution in [0.15, 0.2) is 54.6 Å². The first kappa shape index (κ1) is 17.1. The van der Waals surface area contributed by atoms with Gasteiger partial charge >= 0.3 is 0 Å². The smallest absolute Gasteiger partial charge is 0.136 e. The fourth-order valence-corrected chi connectivity index (χ4v) is 4.22. The average Bonchev–Trinajstić information content (AvgIpc) is 3.12. The summed E-state index contributed by atoms with van der Waals surface area (Å²) in [4.78, 5) is 13.8. The standard InChI is InChI=1S/C25H23N3/c1-3-23-26-24(4-2)28-25(27-23)14-16-9-11-20-18(13-16)10-12-21-19-8-6-5-7-17(19)15-22(20)21/h5-13H,3-4,14-15H2,1-2H3. The van der Waals surface area contributed by atoms with Gasteiger partial charge in [0.05, 0.1) is 0 Å². The SMILES string of the molecule is CCc1nc(CC)nc(Cc2ccc3c4c(ccc3c2)-c2ccccc2C4)n1. The lowest BCUT2D eigenvalue weighted by Gasteiger charge is -2.09. The van der Waals surface area contributed by atoms with Crippen molar-refractivity contribution in [2.75, 3.05) is 0 Å². The maximum atomic E-state index is 4.64. The van der Waals surface area contributed by atoms with Gasteiger partial charge in [-0.2, -0.15) is 0 Å². The molecule has 0 N–H and O–H groups in total. The number of hydrogen-bond donors (Lipinski definition) is 0. The fourth-order valence-electron chi connectivity index (χ4n) is 4.22. The summed E-state index contributed by atoms with van der Waals surface area (Å²) in [6.07, 6.45) is 3.45. The molecule has 0 aliphatic heterocycles. The molecule has 1 aliphatic rings. The zero-order valence-corrected chi connectivity index (χ0v) is 16.4. The van der Waals surface area contributed by atoms with E-state index in [-0.39, 0.29) is 0 Å². The van der Waals surface area contributed by atoms with Gasteiger partial charge < -0.3 is 0 Å². The van der Waals surface area contributed by atoms with Crippen molar-refractivity contribution in [1.29, 1.82) is 0 Å². The predicted molar refractivity (Wildman–Crippen MR) is 114 cm³/mol. The fraction of sp³-hybridized carbons (Fsp3) is 0.240. The van der Waals surface area contributed by atoms with Crippen LogP contribution in [0.5, 0.6) is 0 Å². The molecular formula is C25H23N3. The molecule has 0 saturated heterocycles. The van der Waals surface area contributed by atoms with Crippen molar-refractivity contribution in [2.45, 2.75) is 39.5 Å². The summed E-state index contributed by atoms with van der Waals surface area (Å²) < 4.78 is 0. The highest BCUT2D eigenvalue weighted by Crippen LogP contribution is 2.40. The van der Waals surface area contributed by atoms with Crippen LogP contribution in [-0.2, 0) is 25.7 Å². The number of fused-ring (bicyclic) bond motifs is 5. The zero-order chi connectivity index (χ0) is 19.1. The van der Waals surface area contributed by atoms with Gasteiger partial charge in [-0.05, 0) is 45.0 Å². The Morgan fingerprint density at radius 1 is 0.750 bits per heavy atom. The third kappa shape index (κ3) is 2.88. The van der Waals surface area contributed by atoms with Crippen LogP contribution in [0.2, 0.25) is 0 Å². The molecule has 1 heterocycles. The molecule has 3 aromatic carbocycles. The number of nitrogens with zero attached hydrogens (tertiary/aromatic N) is 3. The number of hydrogen-bond acceptors (Lipinski definition) is 3. The molecule has 4 aromatic rings. The molecule has 3 nitrogen and oxygen atoms in total. The lowest BCUT2D eigenvalue weighted by molar-refractivity contribution is 0.779. The van der Waals surface area contributed by atoms with E-state index >= 15 is 0 Å². The normalized spacial score (nSPS) is 12.2. The van der Waals surface area contributed by atoms with Crippen LogP contribution in [0, 0.1) is 0 Å². The minimum atomic E-state index is 0.746. The van der Waals surface area contributed by atoms with Gasteiger partial charge in [0.2, 0.25) is 0 Å². The van der Waals surface area contributed by atoms with Crippen molar-refractivity contribution in [1.82, 2.24) is 15.0 Å². The monoisotopic (exact) mass is 365 g/mol. The predicted octanol–water partition coefficient (Wildman–Crippen LogP) is 5.31. The van der Waals surface area contributed by atoms with Crippen LogP contribution < -0.4 is 0 Å². The van der Waals surface area contributed by atoms with Crippen molar-refractivity contribution in [3.8, 4) is 11.1 Å². The Morgan fingerprint density at radius 3 is 2.29 bits per heavy atom. The van der Waals surface area contributed by atoms with Crippen molar-refractivity contribution in [3.63, 3.8) is 0 Å². The third-order valence-corrected chi connectivity index (χ3v) is 5.64. The van der Waals surface area contributed by atoms with Gasteiger partial charge in [-0.25, -0.2) is 15.0 Å². The first-order chi connectivity index (χ1) is 13.7. The Labute approximate surface area is 165 Å². The van der Waals surface area contributed by atoms with E-state index in [0.717, 1.165) is 43.2 Å². The van der Waals surface area contributed by atoms with Gasteiger partial charge in [-0.3, -0.25) is 0 Å². The van der Waals surface area contributed by atoms with Crippen LogP contribution in [0.4, 0.5) is 0 Å². The van der Waals surface area contributed by atoms with Gasteiger partial charge in [-0.1, -0.05) is 68.4 Å². The molecule has 0 bridgehead atoms. The van der Waals surface area contributed by atoms with E-state index < -0.39 is 0 Å². The maximum absolute atomic E-state index is 4.64. The molecule has 1 aliphatic carbocycles. The van der Waals surface area contributed by atoms with Crippen LogP contribution in [0.25, 0.3) is 21.9 Å². The first-order valence-electron chi connectivity index (χ1n) is 10.1. The first-order valence-corrected chi connectivity index (χ1v) is 10.1. The molecule has 0 fully saturated rings. The van der Waals surface area contributed by atoms with E-state index in [0.29, 0.717) is 0 Å². The summed E-state index contributed by atoms with van der Waals surface area (Å²) >= 11 is 0. The molecule has 1 aromatic heterocycles. The van der Waals surface area contributed by atoms with E-state index in [1.54, 1.807) is 0 Å². The molecule has 3 heteroatoms. The third-order valence-electron chi connectivity index (χ3n) is 5.64. The van der Waals surface area contributed by atoms with Crippen LogP contribution in [0.3, 0.4) is 0 Å². The molecule has 5 rings (SSSR count). The highest BCUT2D eigenvalue weighted by atomic mass is 15.0. The molecule has 0 amide bonds. The largest absolute Gasteiger partial charge is 0.218 e. The highest BCUT2D eigenvalue weighted by molar-refractivity contribution is 5.95. The number of aryl methyl sites for hydroxylation is 2. The molecule has 138 valence electrons. The second kappa shape index (κ2) is 6.83. The zero-order valence-electron chi connectivity index (χ0n) is 16.4. The summed E-state index contributed by atoms with van der Waals surface area (Å²) in [5.41, 5.74) is 6.89. The second-order valence-corrected chi connectivity index (χ2v) is 7.45. The van der Waals surface area contributed by atoms with Crippen molar-refractivity contribution in [2.24, 2.45) is 0 Å². The highest BCUT2D eigenvalue weighted by Gasteiger charge is 2.19. The average molecular weight is 365 g/mol. The lowest BCUT2D eigenvalue weighted by atomic mass is 9.97. The molecule has 28 heavy (non-hydrogen) atoms. The summed E-state index contributed by atoms with van der Waals surface area (Å²) in [5, 5.41) is 2.65. The van der Waals surface area contributed by atoms with Crippen LogP contribution >= 0.6 is 0 Å². The Morgan fingerprint density at radius 2 is 1.50 bits per heavy atom. The van der Waals surface area contributed by atoms with Gasteiger partial charge in [0.1, 0.15) is 17.5 Å². The number of benzene rings is 3. The molecule has 0 atom stereocenters. The maximum Gasteiger partial charge on any atom is 0.136 e. The van der Waals surface area contributed by atoms with E-state index in [1.165, 1.54) is 38.6 Å². The van der Waals surface area contributed by atoms with Gasteiger partial charge in [0, 0.05) is 19.3 Å². The van der Waals surface area contributed by atoms with E-state index in [1.807, 2.05) is 0 Å². The minimum Gasteiger partial charge on any atom is -0.218 e. The second-order valence-electron chi connectivity index (χ2n) is 7.45. The summed E-state index contributed by atoms with van der Waals surface area (Å²) in [5.74, 6) is 2.65. The molecule has 0 radical (unpaired) electrons. The number of aromatic nitrogens is 3. The van der Waals surface area contributed by atoms with E-state index in [4.69, 9.17) is 0 Å². The molecule has 0 saturated carbocycles. The summed E-state index contributed by atoms with van der Waals surface area (Å²) in [6.45, 7) is 4.18. The van der Waals surface area contributed by atoms with Crippen LogP contribution in [-0.4, -0.2) is 15.0 Å². The lowest BCUT2D eigenvalue weighted by Crippen LogP contribution is -2.07. The summed E-state index contributed by atoms with van der Waals surface area (Å²) in [6, 6.07) is 20.1.